The molecule has 2 aromatic carbocycles. The van der Waals surface area contributed by atoms with Crippen LogP contribution in [0.15, 0.2) is 54.6 Å². The van der Waals surface area contributed by atoms with Crippen LogP contribution in [0.25, 0.3) is 0 Å². The Hall–Kier alpha value is -3.22. The summed E-state index contributed by atoms with van der Waals surface area (Å²) in [5, 5.41) is 2.79. The van der Waals surface area contributed by atoms with Gasteiger partial charge in [0.25, 0.3) is 0 Å². The van der Waals surface area contributed by atoms with Crippen molar-refractivity contribution in [2.24, 2.45) is 0 Å². The van der Waals surface area contributed by atoms with Crippen molar-refractivity contribution in [2.45, 2.75) is 39.4 Å². The highest BCUT2D eigenvalue weighted by Gasteiger charge is 2.25. The van der Waals surface area contributed by atoms with Gasteiger partial charge in [0, 0.05) is 38.4 Å². The van der Waals surface area contributed by atoms with E-state index in [-0.39, 0.29) is 12.7 Å². The van der Waals surface area contributed by atoms with E-state index in [9.17, 15) is 9.59 Å². The van der Waals surface area contributed by atoms with Crippen LogP contribution >= 0.6 is 0 Å². The zero-order valence-corrected chi connectivity index (χ0v) is 19.2. The number of anilines is 1. The van der Waals surface area contributed by atoms with Crippen LogP contribution < -0.4 is 10.2 Å². The fourth-order valence-electron chi connectivity index (χ4n) is 3.43. The molecule has 1 saturated heterocycles. The van der Waals surface area contributed by atoms with Gasteiger partial charge in [-0.25, -0.2) is 9.59 Å². The largest absolute Gasteiger partial charge is 0.445 e. The molecule has 0 aliphatic carbocycles. The van der Waals surface area contributed by atoms with Crippen molar-refractivity contribution >= 4 is 17.9 Å². The van der Waals surface area contributed by atoms with E-state index in [1.807, 2.05) is 51.1 Å². The predicted octanol–water partition coefficient (Wildman–Crippen LogP) is 4.21. The Bertz CT molecular complexity index is 870. The fraction of sp³-hybridized carbons (Fsp3) is 0.440. The minimum atomic E-state index is -0.475. The standard InChI is InChI=1S/C25H33N3O4/c1-25(2,3)32-24(30)28-17-15-27(16-18-28)22-11-9-20(10-12-22)13-14-26-23(29)31-19-21-7-5-4-6-8-21/h4-12H,13-19H2,1-3H3,(H,26,29). The maximum absolute atomic E-state index is 12.2. The lowest BCUT2D eigenvalue weighted by atomic mass is 10.1. The molecular weight excluding hydrogens is 406 g/mol. The van der Waals surface area contributed by atoms with Gasteiger partial charge >= 0.3 is 12.2 Å². The van der Waals surface area contributed by atoms with E-state index in [1.165, 1.54) is 0 Å². The Morgan fingerprint density at radius 2 is 1.56 bits per heavy atom. The summed E-state index contributed by atoms with van der Waals surface area (Å²) in [5.41, 5.74) is 2.76. The minimum Gasteiger partial charge on any atom is -0.445 e. The monoisotopic (exact) mass is 439 g/mol. The molecule has 7 heteroatoms. The van der Waals surface area contributed by atoms with Crippen molar-refractivity contribution in [3.63, 3.8) is 0 Å². The smallest absolute Gasteiger partial charge is 0.410 e. The average Bonchev–Trinajstić information content (AvgIpc) is 2.78. The summed E-state index contributed by atoms with van der Waals surface area (Å²) in [4.78, 5) is 28.1. The SMILES string of the molecule is CC(C)(C)OC(=O)N1CCN(c2ccc(CCNC(=O)OCc3ccccc3)cc2)CC1. The van der Waals surface area contributed by atoms with Crippen molar-refractivity contribution in [1.29, 1.82) is 0 Å². The van der Waals surface area contributed by atoms with Crippen LogP contribution in [0.1, 0.15) is 31.9 Å². The summed E-state index contributed by atoms with van der Waals surface area (Å²) < 4.78 is 10.7. The van der Waals surface area contributed by atoms with E-state index in [1.54, 1.807) is 4.90 Å². The van der Waals surface area contributed by atoms with Crippen LogP contribution in [0.2, 0.25) is 0 Å². The van der Waals surface area contributed by atoms with Gasteiger partial charge in [-0.05, 0) is 50.5 Å². The lowest BCUT2D eigenvalue weighted by molar-refractivity contribution is 0.0240. The van der Waals surface area contributed by atoms with Crippen molar-refractivity contribution in [1.82, 2.24) is 10.2 Å². The summed E-state index contributed by atoms with van der Waals surface area (Å²) in [6, 6.07) is 17.9. The van der Waals surface area contributed by atoms with E-state index in [0.29, 0.717) is 19.6 Å². The first-order valence-electron chi connectivity index (χ1n) is 11.1. The zero-order chi connectivity index (χ0) is 23.0. The molecule has 0 spiro atoms. The highest BCUT2D eigenvalue weighted by molar-refractivity contribution is 5.68. The molecule has 0 unspecified atom stereocenters. The first-order valence-corrected chi connectivity index (χ1v) is 11.1. The average molecular weight is 440 g/mol. The van der Waals surface area contributed by atoms with Gasteiger partial charge < -0.3 is 24.6 Å². The number of piperazine rings is 1. The second-order valence-electron chi connectivity index (χ2n) is 8.86. The van der Waals surface area contributed by atoms with Gasteiger partial charge in [0.2, 0.25) is 0 Å². The van der Waals surface area contributed by atoms with Gasteiger partial charge in [-0.1, -0.05) is 42.5 Å². The zero-order valence-electron chi connectivity index (χ0n) is 19.2. The van der Waals surface area contributed by atoms with Crippen molar-refractivity contribution in [3.8, 4) is 0 Å². The molecule has 0 saturated carbocycles. The molecule has 1 fully saturated rings. The molecule has 172 valence electrons. The summed E-state index contributed by atoms with van der Waals surface area (Å²) in [6.45, 7) is 9.26. The second-order valence-corrected chi connectivity index (χ2v) is 8.86. The quantitative estimate of drug-likeness (QED) is 0.730. The molecule has 7 nitrogen and oxygen atoms in total. The molecule has 0 aromatic heterocycles. The number of alkyl carbamates (subject to hydrolysis) is 1. The Morgan fingerprint density at radius 1 is 0.906 bits per heavy atom. The van der Waals surface area contributed by atoms with E-state index in [4.69, 9.17) is 9.47 Å². The molecule has 2 amide bonds. The molecule has 0 atom stereocenters. The van der Waals surface area contributed by atoms with Gasteiger partial charge in [0.05, 0.1) is 0 Å². The molecule has 3 rings (SSSR count). The molecular formula is C25H33N3O4. The van der Waals surface area contributed by atoms with Crippen molar-refractivity contribution in [3.05, 3.63) is 65.7 Å². The van der Waals surface area contributed by atoms with Gasteiger partial charge in [-0.3, -0.25) is 0 Å². The number of nitrogens with zero attached hydrogens (tertiary/aromatic N) is 2. The first-order chi connectivity index (χ1) is 15.3. The van der Waals surface area contributed by atoms with Crippen LogP contribution in [0.5, 0.6) is 0 Å². The Balaban J connectivity index is 1.37. The highest BCUT2D eigenvalue weighted by Crippen LogP contribution is 2.19. The number of hydrogen-bond donors (Lipinski definition) is 1. The Labute approximate surface area is 190 Å². The van der Waals surface area contributed by atoms with Crippen LogP contribution in [-0.2, 0) is 22.5 Å². The summed E-state index contributed by atoms with van der Waals surface area (Å²) in [6.07, 6.45) is 0.0725. The maximum atomic E-state index is 12.2. The number of hydrogen-bond acceptors (Lipinski definition) is 5. The van der Waals surface area contributed by atoms with Crippen LogP contribution in [0.3, 0.4) is 0 Å². The molecule has 0 radical (unpaired) electrons. The van der Waals surface area contributed by atoms with Gasteiger partial charge in [0.1, 0.15) is 12.2 Å². The van der Waals surface area contributed by atoms with E-state index >= 15 is 0 Å². The normalized spacial score (nSPS) is 14.1. The third kappa shape index (κ3) is 7.48. The Kier molecular flexibility index (Phi) is 7.98. The molecule has 1 aliphatic heterocycles. The number of nitrogens with one attached hydrogen (secondary N) is 1. The number of rotatable bonds is 6. The lowest BCUT2D eigenvalue weighted by Gasteiger charge is -2.36. The van der Waals surface area contributed by atoms with E-state index in [0.717, 1.165) is 36.3 Å². The fourth-order valence-corrected chi connectivity index (χ4v) is 3.43. The topological polar surface area (TPSA) is 71.1 Å². The predicted molar refractivity (Wildman–Crippen MR) is 125 cm³/mol. The van der Waals surface area contributed by atoms with Crippen LogP contribution in [-0.4, -0.2) is 55.4 Å². The summed E-state index contributed by atoms with van der Waals surface area (Å²) in [7, 11) is 0. The second kappa shape index (κ2) is 10.9. The maximum Gasteiger partial charge on any atom is 0.410 e. The summed E-state index contributed by atoms with van der Waals surface area (Å²) >= 11 is 0. The summed E-state index contributed by atoms with van der Waals surface area (Å²) in [5.74, 6) is 0. The van der Waals surface area contributed by atoms with Crippen LogP contribution in [0.4, 0.5) is 15.3 Å². The van der Waals surface area contributed by atoms with Crippen molar-refractivity contribution < 1.29 is 19.1 Å². The van der Waals surface area contributed by atoms with Gasteiger partial charge in [-0.2, -0.15) is 0 Å². The third-order valence-electron chi connectivity index (χ3n) is 5.13. The lowest BCUT2D eigenvalue weighted by Crippen LogP contribution is -2.50. The number of carbonyl (C=O) groups excluding carboxylic acids is 2. The van der Waals surface area contributed by atoms with Crippen molar-refractivity contribution in [2.75, 3.05) is 37.6 Å². The first kappa shape index (κ1) is 23.4. The minimum absolute atomic E-state index is 0.248. The number of ether oxygens (including phenoxy) is 2. The van der Waals surface area contributed by atoms with E-state index < -0.39 is 11.7 Å². The van der Waals surface area contributed by atoms with Gasteiger partial charge in [0.15, 0.2) is 0 Å². The highest BCUT2D eigenvalue weighted by atomic mass is 16.6. The third-order valence-corrected chi connectivity index (χ3v) is 5.13. The number of carbonyl (C=O) groups is 2. The molecule has 1 heterocycles. The molecule has 1 aliphatic rings. The molecule has 2 aromatic rings. The van der Waals surface area contributed by atoms with Crippen LogP contribution in [0, 0.1) is 0 Å². The number of benzene rings is 2. The Morgan fingerprint density at radius 3 is 2.19 bits per heavy atom. The molecule has 32 heavy (non-hydrogen) atoms. The van der Waals surface area contributed by atoms with E-state index in [2.05, 4.69) is 34.5 Å². The van der Waals surface area contributed by atoms with Gasteiger partial charge in [-0.15, -0.1) is 0 Å². The molecule has 1 N–H and O–H groups in total. The number of amides is 2. The molecule has 0 bridgehead atoms.